The van der Waals surface area contributed by atoms with Gasteiger partial charge < -0.3 is 15.0 Å². The van der Waals surface area contributed by atoms with Crippen molar-refractivity contribution >= 4 is 23.4 Å². The van der Waals surface area contributed by atoms with Crippen LogP contribution in [0.2, 0.25) is 0 Å². The maximum atomic E-state index is 13.6. The Balaban J connectivity index is 1.82. The number of hydrogen-bond acceptors (Lipinski definition) is 4. The molecule has 0 bridgehead atoms. The number of aliphatic imine (C=N–C) groups is 1. The van der Waals surface area contributed by atoms with Gasteiger partial charge in [0.05, 0.1) is 6.04 Å². The van der Waals surface area contributed by atoms with E-state index in [0.717, 1.165) is 42.6 Å². The molecule has 3 rings (SSSR count). The lowest BCUT2D eigenvalue weighted by atomic mass is 9.99. The van der Waals surface area contributed by atoms with E-state index in [4.69, 9.17) is 4.74 Å². The van der Waals surface area contributed by atoms with Gasteiger partial charge in [0.15, 0.2) is 0 Å². The lowest BCUT2D eigenvalue weighted by Gasteiger charge is -2.30. The molecule has 0 saturated carbocycles. The molecule has 1 aromatic rings. The molecule has 30 heavy (non-hydrogen) atoms. The number of carbonyl (C=O) groups is 2. The van der Waals surface area contributed by atoms with Crippen LogP contribution < -0.4 is 10.2 Å². The van der Waals surface area contributed by atoms with E-state index < -0.39 is 17.7 Å². The third-order valence-corrected chi connectivity index (χ3v) is 5.39. The minimum absolute atomic E-state index is 0.116. The first-order valence-corrected chi connectivity index (χ1v) is 10.9. The summed E-state index contributed by atoms with van der Waals surface area (Å²) >= 11 is 0. The van der Waals surface area contributed by atoms with Crippen molar-refractivity contribution in [1.82, 2.24) is 5.32 Å². The lowest BCUT2D eigenvalue weighted by molar-refractivity contribution is -0.120. The summed E-state index contributed by atoms with van der Waals surface area (Å²) < 4.78 is 5.37. The highest BCUT2D eigenvalue weighted by Gasteiger charge is 2.40. The molecule has 2 aliphatic rings. The molecule has 1 aromatic carbocycles. The van der Waals surface area contributed by atoms with E-state index in [9.17, 15) is 9.59 Å². The molecule has 2 atom stereocenters. The van der Waals surface area contributed by atoms with Crippen molar-refractivity contribution in [2.45, 2.75) is 84.4 Å². The van der Waals surface area contributed by atoms with Gasteiger partial charge in [-0.05, 0) is 50.8 Å². The Kier molecular flexibility index (Phi) is 6.64. The highest BCUT2D eigenvalue weighted by Crippen LogP contribution is 2.35. The minimum Gasteiger partial charge on any atom is -0.444 e. The first-order valence-electron chi connectivity index (χ1n) is 10.9. The van der Waals surface area contributed by atoms with Crippen LogP contribution >= 0.6 is 0 Å². The number of hydrogen-bond donors (Lipinski definition) is 1. The SMILES string of the molecule is CCCC1=CN=C(C2Cc3ccccc3N2C(=O)C(CC)NC(=O)OC(C)(C)C)C1. The van der Waals surface area contributed by atoms with Crippen molar-refractivity contribution in [3.63, 3.8) is 0 Å². The van der Waals surface area contributed by atoms with Crippen molar-refractivity contribution in [2.75, 3.05) is 4.90 Å². The number of rotatable bonds is 6. The fourth-order valence-electron chi connectivity index (χ4n) is 4.06. The molecule has 2 heterocycles. The largest absolute Gasteiger partial charge is 0.444 e. The number of amides is 2. The second-order valence-corrected chi connectivity index (χ2v) is 9.00. The average molecular weight is 412 g/mol. The van der Waals surface area contributed by atoms with E-state index >= 15 is 0 Å². The highest BCUT2D eigenvalue weighted by molar-refractivity contribution is 6.09. The number of ether oxygens (including phenoxy) is 1. The first kappa shape index (κ1) is 22.1. The number of alkyl carbamates (subject to hydrolysis) is 1. The maximum Gasteiger partial charge on any atom is 0.408 e. The van der Waals surface area contributed by atoms with Crippen LogP contribution in [-0.4, -0.2) is 35.4 Å². The third-order valence-electron chi connectivity index (χ3n) is 5.39. The summed E-state index contributed by atoms with van der Waals surface area (Å²) in [6.07, 6.45) is 5.54. The third kappa shape index (κ3) is 4.91. The molecular weight excluding hydrogens is 378 g/mol. The number of para-hydroxylation sites is 1. The Labute approximate surface area is 179 Å². The van der Waals surface area contributed by atoms with Crippen LogP contribution in [0.3, 0.4) is 0 Å². The van der Waals surface area contributed by atoms with Crippen molar-refractivity contribution in [3.8, 4) is 0 Å². The predicted octanol–water partition coefficient (Wildman–Crippen LogP) is 4.78. The van der Waals surface area contributed by atoms with Gasteiger partial charge in [0.2, 0.25) is 5.91 Å². The molecule has 0 aliphatic carbocycles. The Morgan fingerprint density at radius 3 is 2.67 bits per heavy atom. The number of nitrogens with one attached hydrogen (secondary N) is 1. The van der Waals surface area contributed by atoms with Crippen molar-refractivity contribution in [2.24, 2.45) is 4.99 Å². The number of nitrogens with zero attached hydrogens (tertiary/aromatic N) is 2. The van der Waals surface area contributed by atoms with Gasteiger partial charge in [0, 0.05) is 30.4 Å². The number of carbonyl (C=O) groups excluding carboxylic acids is 2. The molecule has 6 heteroatoms. The molecule has 2 unspecified atom stereocenters. The summed E-state index contributed by atoms with van der Waals surface area (Å²) in [7, 11) is 0. The van der Waals surface area contributed by atoms with E-state index in [1.54, 1.807) is 20.8 Å². The second kappa shape index (κ2) is 9.02. The molecule has 0 aromatic heterocycles. The van der Waals surface area contributed by atoms with E-state index in [2.05, 4.69) is 23.3 Å². The molecule has 1 N–H and O–H groups in total. The van der Waals surface area contributed by atoms with Crippen molar-refractivity contribution in [1.29, 1.82) is 0 Å². The predicted molar refractivity (Wildman–Crippen MR) is 120 cm³/mol. The summed E-state index contributed by atoms with van der Waals surface area (Å²) in [4.78, 5) is 32.4. The van der Waals surface area contributed by atoms with Crippen molar-refractivity contribution in [3.05, 3.63) is 41.6 Å². The molecule has 2 amide bonds. The molecule has 0 radical (unpaired) electrons. The maximum absolute atomic E-state index is 13.6. The normalized spacial score (nSPS) is 19.1. The Morgan fingerprint density at radius 1 is 1.27 bits per heavy atom. The monoisotopic (exact) mass is 411 g/mol. The van der Waals surface area contributed by atoms with Gasteiger partial charge in [0.1, 0.15) is 11.6 Å². The minimum atomic E-state index is -0.654. The molecule has 0 saturated heterocycles. The smallest absolute Gasteiger partial charge is 0.408 e. The van der Waals surface area contributed by atoms with E-state index in [-0.39, 0.29) is 11.9 Å². The van der Waals surface area contributed by atoms with E-state index in [1.807, 2.05) is 36.2 Å². The lowest BCUT2D eigenvalue weighted by Crippen LogP contribution is -2.53. The molecule has 0 fully saturated rings. The molecule has 0 spiro atoms. The zero-order chi connectivity index (χ0) is 21.9. The molecular formula is C24H33N3O3. The summed E-state index contributed by atoms with van der Waals surface area (Å²) in [6.45, 7) is 9.48. The summed E-state index contributed by atoms with van der Waals surface area (Å²) in [6, 6.07) is 7.21. The van der Waals surface area contributed by atoms with Crippen LogP contribution in [0.25, 0.3) is 0 Å². The number of benzene rings is 1. The molecule has 6 nitrogen and oxygen atoms in total. The highest BCUT2D eigenvalue weighted by atomic mass is 16.6. The number of anilines is 1. The van der Waals surface area contributed by atoms with Gasteiger partial charge >= 0.3 is 6.09 Å². The van der Waals surface area contributed by atoms with Crippen LogP contribution in [0, 0.1) is 0 Å². The van der Waals surface area contributed by atoms with Crippen LogP contribution in [0.1, 0.15) is 65.9 Å². The van der Waals surface area contributed by atoms with Crippen LogP contribution in [0.15, 0.2) is 41.0 Å². The fraction of sp³-hybridized carbons (Fsp3) is 0.542. The van der Waals surface area contributed by atoms with Crippen molar-refractivity contribution < 1.29 is 14.3 Å². The van der Waals surface area contributed by atoms with Gasteiger partial charge in [-0.25, -0.2) is 4.79 Å². The Morgan fingerprint density at radius 2 is 2.00 bits per heavy atom. The van der Waals surface area contributed by atoms with Crippen LogP contribution in [0.4, 0.5) is 10.5 Å². The summed E-state index contributed by atoms with van der Waals surface area (Å²) in [5, 5.41) is 2.77. The van der Waals surface area contributed by atoms with E-state index in [0.29, 0.717) is 6.42 Å². The average Bonchev–Trinajstić information content (AvgIpc) is 3.28. The van der Waals surface area contributed by atoms with Gasteiger partial charge in [0.25, 0.3) is 0 Å². The fourth-order valence-corrected chi connectivity index (χ4v) is 4.06. The summed E-state index contributed by atoms with van der Waals surface area (Å²) in [5.41, 5.74) is 3.76. The van der Waals surface area contributed by atoms with Gasteiger partial charge in [-0.1, -0.05) is 38.5 Å². The zero-order valence-corrected chi connectivity index (χ0v) is 18.7. The zero-order valence-electron chi connectivity index (χ0n) is 18.7. The van der Waals surface area contributed by atoms with Crippen LogP contribution in [0.5, 0.6) is 0 Å². The number of allylic oxidation sites excluding steroid dienone is 1. The topological polar surface area (TPSA) is 71.0 Å². The first-order chi connectivity index (χ1) is 14.2. The molecule has 162 valence electrons. The Bertz CT molecular complexity index is 867. The van der Waals surface area contributed by atoms with E-state index in [1.165, 1.54) is 5.57 Å². The van der Waals surface area contributed by atoms with Gasteiger partial charge in [-0.2, -0.15) is 0 Å². The summed E-state index contributed by atoms with van der Waals surface area (Å²) in [5.74, 6) is -0.120. The quantitative estimate of drug-likeness (QED) is 0.732. The molecule has 2 aliphatic heterocycles. The second-order valence-electron chi connectivity index (χ2n) is 9.00. The Hall–Kier alpha value is -2.63. The standard InChI is InChI=1S/C24H33N3O3/c1-6-10-16-13-19(25-15-16)21-14-17-11-8-9-12-20(17)27(21)22(28)18(7-2)26-23(29)30-24(3,4)5/h8-9,11-12,15,18,21H,6-7,10,13-14H2,1-5H3,(H,26,29). The van der Waals surface area contributed by atoms with Gasteiger partial charge in [-0.3, -0.25) is 9.79 Å². The number of fused-ring (bicyclic) bond motifs is 1. The van der Waals surface area contributed by atoms with Gasteiger partial charge in [-0.15, -0.1) is 0 Å². The van der Waals surface area contributed by atoms with Crippen LogP contribution in [-0.2, 0) is 16.0 Å².